The van der Waals surface area contributed by atoms with E-state index in [-0.39, 0.29) is 24.0 Å². The number of ether oxygens (including phenoxy) is 2. The summed E-state index contributed by atoms with van der Waals surface area (Å²) in [5.41, 5.74) is 5.15. The molecule has 0 aromatic heterocycles. The van der Waals surface area contributed by atoms with Crippen LogP contribution in [0.15, 0.2) is 54.6 Å². The van der Waals surface area contributed by atoms with Crippen LogP contribution in [-0.2, 0) is 19.6 Å². The van der Waals surface area contributed by atoms with Crippen molar-refractivity contribution in [3.63, 3.8) is 0 Å². The van der Waals surface area contributed by atoms with E-state index in [4.69, 9.17) is 9.47 Å². The molecule has 0 saturated heterocycles. The van der Waals surface area contributed by atoms with Crippen LogP contribution in [0.1, 0.15) is 65.3 Å². The van der Waals surface area contributed by atoms with Gasteiger partial charge in [-0.05, 0) is 55.2 Å². The summed E-state index contributed by atoms with van der Waals surface area (Å²) < 4.78 is 39.5. The Hall–Kier alpha value is -2.67. The van der Waals surface area contributed by atoms with Crippen LogP contribution in [0.3, 0.4) is 0 Å². The van der Waals surface area contributed by atoms with E-state index in [9.17, 15) is 8.78 Å². The van der Waals surface area contributed by atoms with Crippen molar-refractivity contribution in [2.45, 2.75) is 57.2 Å². The van der Waals surface area contributed by atoms with Crippen molar-refractivity contribution in [3.05, 3.63) is 94.0 Å². The Morgan fingerprint density at radius 1 is 0.763 bits per heavy atom. The minimum atomic E-state index is -0.0993. The van der Waals surface area contributed by atoms with Gasteiger partial charge in [-0.15, -0.1) is 12.4 Å². The maximum atomic E-state index is 14.2. The number of hydrogen-bond acceptors (Lipinski definition) is 4. The van der Waals surface area contributed by atoms with Crippen molar-refractivity contribution in [2.75, 3.05) is 26.3 Å². The molecular formula is C31H35ClF2N2O2. The van der Waals surface area contributed by atoms with Gasteiger partial charge in [-0.3, -0.25) is 4.90 Å². The quantitative estimate of drug-likeness (QED) is 0.399. The van der Waals surface area contributed by atoms with Gasteiger partial charge in [-0.25, -0.2) is 8.78 Å². The highest BCUT2D eigenvalue weighted by atomic mass is 35.5. The van der Waals surface area contributed by atoms with Gasteiger partial charge in [0.15, 0.2) is 0 Å². The van der Waals surface area contributed by atoms with Crippen molar-refractivity contribution in [2.24, 2.45) is 0 Å². The van der Waals surface area contributed by atoms with Crippen molar-refractivity contribution >= 4 is 12.4 Å². The molecule has 1 N–H and O–H groups in total. The van der Waals surface area contributed by atoms with Gasteiger partial charge in [0, 0.05) is 55.0 Å². The number of halogens is 3. The highest BCUT2D eigenvalue weighted by molar-refractivity contribution is 5.85. The summed E-state index contributed by atoms with van der Waals surface area (Å²) in [6, 6.07) is 17.4. The van der Waals surface area contributed by atoms with E-state index >= 15 is 0 Å². The first-order valence-corrected chi connectivity index (χ1v) is 13.5. The molecule has 38 heavy (non-hydrogen) atoms. The Bertz CT molecular complexity index is 1250. The van der Waals surface area contributed by atoms with Gasteiger partial charge < -0.3 is 14.8 Å². The largest absolute Gasteiger partial charge is 0.492 e. The molecule has 0 spiro atoms. The molecule has 0 unspecified atom stereocenters. The average Bonchev–Trinajstić information content (AvgIpc) is 3.78. The van der Waals surface area contributed by atoms with E-state index in [1.54, 1.807) is 12.1 Å². The molecule has 3 aromatic rings. The number of rotatable bonds is 4. The minimum absolute atomic E-state index is 0. The zero-order chi connectivity index (χ0) is 25.2. The molecule has 2 heterocycles. The third kappa shape index (κ3) is 6.14. The second-order valence-corrected chi connectivity index (χ2v) is 10.5. The summed E-state index contributed by atoms with van der Waals surface area (Å²) in [4.78, 5) is 2.37. The Morgan fingerprint density at radius 2 is 1.37 bits per heavy atom. The predicted molar refractivity (Wildman–Crippen MR) is 147 cm³/mol. The van der Waals surface area contributed by atoms with E-state index in [1.165, 1.54) is 5.56 Å². The fourth-order valence-electron chi connectivity index (χ4n) is 5.37. The fraction of sp³-hybridized carbons (Fsp3) is 0.419. The Labute approximate surface area is 229 Å². The van der Waals surface area contributed by atoms with Gasteiger partial charge in [-0.1, -0.05) is 42.5 Å². The lowest BCUT2D eigenvalue weighted by Gasteiger charge is -2.19. The monoisotopic (exact) mass is 540 g/mol. The van der Waals surface area contributed by atoms with Gasteiger partial charge in [0.25, 0.3) is 0 Å². The second-order valence-electron chi connectivity index (χ2n) is 10.5. The maximum absolute atomic E-state index is 14.2. The molecule has 0 atom stereocenters. The molecule has 0 radical (unpaired) electrons. The van der Waals surface area contributed by atoms with Gasteiger partial charge in [0.2, 0.25) is 0 Å². The highest BCUT2D eigenvalue weighted by Gasteiger charge is 2.33. The van der Waals surface area contributed by atoms with Crippen LogP contribution >= 0.6 is 12.4 Å². The Morgan fingerprint density at radius 3 is 2.03 bits per heavy atom. The smallest absolute Gasteiger partial charge is 0.130 e. The third-order valence-electron chi connectivity index (χ3n) is 7.56. The van der Waals surface area contributed by atoms with Crippen molar-refractivity contribution < 1.29 is 18.3 Å². The average molecular weight is 541 g/mol. The number of benzene rings is 3. The molecule has 2 aliphatic heterocycles. The number of nitrogens with one attached hydrogen (secondary N) is 1. The van der Waals surface area contributed by atoms with Crippen LogP contribution < -0.4 is 14.8 Å². The molecule has 0 bridgehead atoms. The third-order valence-corrected chi connectivity index (χ3v) is 7.56. The van der Waals surface area contributed by atoms with Crippen LogP contribution in [0.4, 0.5) is 8.78 Å². The fourth-order valence-corrected chi connectivity index (χ4v) is 5.37. The standard InChI is InChI=1S/C19H20FNO.C12H14FNO.ClH/c20-17-9-8-16-13-21(12-14-4-2-1-3-5-14)10-11-22-19(16)18(17)15-6-7-15;13-10-4-3-9-7-14-5-6-15-12(9)11(10)8-1-2-8;/h1-5,8-9,15H,6-7,10-13H2;3-4,8,14H,1-2,5-7H2;1H. The molecule has 7 rings (SSSR count). The van der Waals surface area contributed by atoms with E-state index in [2.05, 4.69) is 34.5 Å². The van der Waals surface area contributed by atoms with Crippen LogP contribution in [0.2, 0.25) is 0 Å². The summed E-state index contributed by atoms with van der Waals surface area (Å²) in [7, 11) is 0. The van der Waals surface area contributed by atoms with Crippen LogP contribution in [0, 0.1) is 11.6 Å². The van der Waals surface area contributed by atoms with E-state index in [1.807, 2.05) is 18.2 Å². The highest BCUT2D eigenvalue weighted by Crippen LogP contribution is 2.48. The number of nitrogens with zero attached hydrogens (tertiary/aromatic N) is 1. The van der Waals surface area contributed by atoms with Crippen molar-refractivity contribution in [1.29, 1.82) is 0 Å². The second kappa shape index (κ2) is 12.0. The lowest BCUT2D eigenvalue weighted by molar-refractivity contribution is 0.219. The molecule has 7 heteroatoms. The lowest BCUT2D eigenvalue weighted by atomic mass is 10.0. The van der Waals surface area contributed by atoms with Crippen molar-refractivity contribution in [1.82, 2.24) is 10.2 Å². The molecule has 4 nitrogen and oxygen atoms in total. The first-order chi connectivity index (χ1) is 18.2. The lowest BCUT2D eigenvalue weighted by Crippen LogP contribution is -2.25. The zero-order valence-corrected chi connectivity index (χ0v) is 22.4. The van der Waals surface area contributed by atoms with E-state index < -0.39 is 0 Å². The summed E-state index contributed by atoms with van der Waals surface area (Å²) in [5.74, 6) is 2.20. The summed E-state index contributed by atoms with van der Waals surface area (Å²) in [5, 5.41) is 3.26. The number of hydrogen-bond donors (Lipinski definition) is 1. The normalized spacial score (nSPS) is 18.7. The van der Waals surface area contributed by atoms with Crippen molar-refractivity contribution in [3.8, 4) is 11.5 Å². The summed E-state index contributed by atoms with van der Waals surface area (Å²) in [6.45, 7) is 5.48. The molecule has 4 aliphatic rings. The van der Waals surface area contributed by atoms with Crippen LogP contribution in [-0.4, -0.2) is 31.2 Å². The first-order valence-electron chi connectivity index (χ1n) is 13.5. The molecule has 202 valence electrons. The van der Waals surface area contributed by atoms with E-state index in [0.717, 1.165) is 92.2 Å². The molecule has 0 amide bonds. The Balaban J connectivity index is 0.000000161. The number of fused-ring (bicyclic) bond motifs is 2. The molecular weight excluding hydrogens is 506 g/mol. The van der Waals surface area contributed by atoms with Gasteiger partial charge in [-0.2, -0.15) is 0 Å². The SMILES string of the molecule is Cl.Fc1ccc2c(c1C1CC1)OCCN(Cc1ccccc1)C2.Fc1ccc2c(c1C1CC1)OCCNC2. The summed E-state index contributed by atoms with van der Waals surface area (Å²) >= 11 is 0. The van der Waals surface area contributed by atoms with Gasteiger partial charge >= 0.3 is 0 Å². The molecule has 2 aliphatic carbocycles. The molecule has 3 aromatic carbocycles. The van der Waals surface area contributed by atoms with Gasteiger partial charge in [0.1, 0.15) is 36.3 Å². The van der Waals surface area contributed by atoms with E-state index in [0.29, 0.717) is 25.0 Å². The molecule has 2 saturated carbocycles. The van der Waals surface area contributed by atoms with Gasteiger partial charge in [0.05, 0.1) is 0 Å². The maximum Gasteiger partial charge on any atom is 0.130 e. The van der Waals surface area contributed by atoms with Crippen LogP contribution in [0.5, 0.6) is 11.5 Å². The predicted octanol–water partition coefficient (Wildman–Crippen LogP) is 6.70. The minimum Gasteiger partial charge on any atom is -0.492 e. The topological polar surface area (TPSA) is 33.7 Å². The Kier molecular flexibility index (Phi) is 8.51. The molecule has 2 fully saturated rings. The van der Waals surface area contributed by atoms with Crippen LogP contribution in [0.25, 0.3) is 0 Å². The first kappa shape index (κ1) is 26.9. The zero-order valence-electron chi connectivity index (χ0n) is 21.6. The summed E-state index contributed by atoms with van der Waals surface area (Å²) in [6.07, 6.45) is 4.38.